The van der Waals surface area contributed by atoms with Crippen LogP contribution in [0, 0.1) is 10.1 Å². The number of non-ortho nitro benzene ring substituents is 1. The van der Waals surface area contributed by atoms with Gasteiger partial charge in [-0.25, -0.2) is 4.79 Å². The van der Waals surface area contributed by atoms with E-state index in [-0.39, 0.29) is 29.2 Å². The van der Waals surface area contributed by atoms with Crippen LogP contribution in [0.1, 0.15) is 32.6 Å². The summed E-state index contributed by atoms with van der Waals surface area (Å²) in [7, 11) is 0. The summed E-state index contributed by atoms with van der Waals surface area (Å²) in [4.78, 5) is 36.9. The largest absolute Gasteiger partial charge is 0.420 e. The molecule has 25 heavy (non-hydrogen) atoms. The van der Waals surface area contributed by atoms with E-state index in [1.807, 2.05) is 6.92 Å². The van der Waals surface area contributed by atoms with E-state index < -0.39 is 10.7 Å². The molecule has 3 rings (SSSR count). The van der Waals surface area contributed by atoms with Crippen LogP contribution in [-0.4, -0.2) is 26.8 Å². The molecule has 0 N–H and O–H groups in total. The van der Waals surface area contributed by atoms with E-state index in [0.29, 0.717) is 6.54 Å². The molecule has 8 nitrogen and oxygen atoms in total. The molecule has 1 aromatic heterocycles. The highest BCUT2D eigenvalue weighted by Gasteiger charge is 2.21. The zero-order valence-electron chi connectivity index (χ0n) is 13.9. The van der Waals surface area contributed by atoms with Gasteiger partial charge < -0.3 is 9.32 Å². The van der Waals surface area contributed by atoms with E-state index in [0.717, 1.165) is 35.9 Å². The topological polar surface area (TPSA) is 98.6 Å². The fourth-order valence-electron chi connectivity index (χ4n) is 3.14. The summed E-state index contributed by atoms with van der Waals surface area (Å²) >= 11 is 0. The number of fused-ring (bicyclic) bond motifs is 1. The first-order valence-corrected chi connectivity index (χ1v) is 8.28. The molecule has 0 unspecified atom stereocenters. The van der Waals surface area contributed by atoms with Crippen molar-refractivity contribution in [3.63, 3.8) is 0 Å². The van der Waals surface area contributed by atoms with Gasteiger partial charge in [0.25, 0.3) is 5.69 Å². The number of hydrogen-bond donors (Lipinski definition) is 0. The summed E-state index contributed by atoms with van der Waals surface area (Å²) in [6.45, 7) is 2.18. The molecular formula is C17H19N3O5. The monoisotopic (exact) mass is 345 g/mol. The van der Waals surface area contributed by atoms with E-state index in [4.69, 9.17) is 4.42 Å². The van der Waals surface area contributed by atoms with Gasteiger partial charge in [0.15, 0.2) is 5.58 Å². The highest BCUT2D eigenvalue weighted by Crippen LogP contribution is 2.23. The molecule has 8 heteroatoms. The Hall–Kier alpha value is -2.90. The standard InChI is InChI=1S/C17H19N3O5/c1-2-18(12-6-4-3-5-7-12)16(21)11-19-14-10-13(20(23)24)8-9-15(14)25-17(19)22/h6,8-10H,2-5,7,11H2,1H3. The van der Waals surface area contributed by atoms with Gasteiger partial charge in [0.05, 0.1) is 10.4 Å². The van der Waals surface area contributed by atoms with E-state index in [1.165, 1.54) is 18.2 Å². The van der Waals surface area contributed by atoms with Crippen LogP contribution in [0.4, 0.5) is 5.69 Å². The van der Waals surface area contributed by atoms with Crippen LogP contribution in [0.15, 0.2) is 39.2 Å². The maximum atomic E-state index is 12.7. The minimum atomic E-state index is -0.697. The molecule has 0 radical (unpaired) electrons. The molecule has 2 aromatic rings. The summed E-state index contributed by atoms with van der Waals surface area (Å²) in [5.74, 6) is -0.926. The van der Waals surface area contributed by atoms with Gasteiger partial charge in [0.1, 0.15) is 6.54 Å². The number of rotatable bonds is 5. The van der Waals surface area contributed by atoms with Gasteiger partial charge in [-0.1, -0.05) is 6.08 Å². The van der Waals surface area contributed by atoms with Gasteiger partial charge >= 0.3 is 5.76 Å². The lowest BCUT2D eigenvalue weighted by atomic mass is 10.0. The van der Waals surface area contributed by atoms with Gasteiger partial charge in [-0.05, 0) is 38.7 Å². The molecule has 0 spiro atoms. The second kappa shape index (κ2) is 6.92. The fraction of sp³-hybridized carbons (Fsp3) is 0.412. The van der Waals surface area contributed by atoms with Crippen LogP contribution in [0.2, 0.25) is 0 Å². The lowest BCUT2D eigenvalue weighted by Crippen LogP contribution is -2.35. The third kappa shape index (κ3) is 3.33. The van der Waals surface area contributed by atoms with Gasteiger partial charge in [-0.3, -0.25) is 19.5 Å². The van der Waals surface area contributed by atoms with Gasteiger partial charge in [-0.15, -0.1) is 0 Å². The molecule has 1 aliphatic rings. The zero-order chi connectivity index (χ0) is 18.0. The summed E-state index contributed by atoms with van der Waals surface area (Å²) in [6.07, 6.45) is 6.00. The molecule has 1 amide bonds. The second-order valence-corrected chi connectivity index (χ2v) is 5.94. The van der Waals surface area contributed by atoms with Crippen molar-refractivity contribution in [2.24, 2.45) is 0 Å². The first-order valence-electron chi connectivity index (χ1n) is 8.28. The Balaban J connectivity index is 1.93. The summed E-state index contributed by atoms with van der Waals surface area (Å²) in [6, 6.07) is 3.89. The first kappa shape index (κ1) is 16.9. The van der Waals surface area contributed by atoms with Gasteiger partial charge in [-0.2, -0.15) is 0 Å². The lowest BCUT2D eigenvalue weighted by Gasteiger charge is -2.26. The van der Waals surface area contributed by atoms with Crippen molar-refractivity contribution in [2.45, 2.75) is 39.2 Å². The summed E-state index contributed by atoms with van der Waals surface area (Å²) < 4.78 is 6.24. The Labute approximate surface area is 143 Å². The number of aromatic nitrogens is 1. The molecular weight excluding hydrogens is 326 g/mol. The summed E-state index contributed by atoms with van der Waals surface area (Å²) in [5.41, 5.74) is 1.30. The Morgan fingerprint density at radius 1 is 1.40 bits per heavy atom. The maximum absolute atomic E-state index is 12.7. The van der Waals surface area contributed by atoms with Gasteiger partial charge in [0, 0.05) is 24.4 Å². The highest BCUT2D eigenvalue weighted by molar-refractivity contribution is 5.81. The first-order chi connectivity index (χ1) is 12.0. The van der Waals surface area contributed by atoms with Crippen LogP contribution in [0.25, 0.3) is 11.1 Å². The number of carbonyl (C=O) groups excluding carboxylic acids is 1. The minimum absolute atomic E-state index is 0.156. The number of nitro benzene ring substituents is 1. The average Bonchev–Trinajstić information content (AvgIpc) is 2.91. The molecule has 0 fully saturated rings. The molecule has 1 aromatic carbocycles. The van der Waals surface area contributed by atoms with Crippen LogP contribution in [0.5, 0.6) is 0 Å². The Kier molecular flexibility index (Phi) is 4.69. The van der Waals surface area contributed by atoms with Crippen LogP contribution in [0.3, 0.4) is 0 Å². The number of carbonyl (C=O) groups is 1. The molecule has 0 bridgehead atoms. The third-order valence-electron chi connectivity index (χ3n) is 4.39. The number of hydrogen-bond acceptors (Lipinski definition) is 5. The van der Waals surface area contributed by atoms with E-state index in [2.05, 4.69) is 6.08 Å². The molecule has 0 aliphatic heterocycles. The smallest absolute Gasteiger partial charge is 0.408 e. The molecule has 132 valence electrons. The Morgan fingerprint density at radius 3 is 2.84 bits per heavy atom. The predicted molar refractivity (Wildman–Crippen MR) is 91.1 cm³/mol. The predicted octanol–water partition coefficient (Wildman–Crippen LogP) is 2.81. The molecule has 0 saturated carbocycles. The summed E-state index contributed by atoms with van der Waals surface area (Å²) in [5, 5.41) is 11.0. The highest BCUT2D eigenvalue weighted by atomic mass is 16.6. The number of benzene rings is 1. The molecule has 1 heterocycles. The van der Waals surface area contributed by atoms with Crippen molar-refractivity contribution < 1.29 is 14.1 Å². The van der Waals surface area contributed by atoms with Crippen LogP contribution >= 0.6 is 0 Å². The minimum Gasteiger partial charge on any atom is -0.408 e. The van der Waals surface area contributed by atoms with Crippen molar-refractivity contribution in [2.75, 3.05) is 6.54 Å². The lowest BCUT2D eigenvalue weighted by molar-refractivity contribution is -0.384. The average molecular weight is 345 g/mol. The number of amides is 1. The zero-order valence-corrected chi connectivity index (χ0v) is 13.9. The number of nitrogens with zero attached hydrogens (tertiary/aromatic N) is 3. The quantitative estimate of drug-likeness (QED) is 0.613. The molecule has 0 atom stereocenters. The molecule has 1 aliphatic carbocycles. The number of likely N-dealkylation sites (N-methyl/N-ethyl adjacent to an activating group) is 1. The van der Waals surface area contributed by atoms with Crippen LogP contribution in [-0.2, 0) is 11.3 Å². The van der Waals surface area contributed by atoms with E-state index in [9.17, 15) is 19.7 Å². The normalized spacial score (nSPS) is 14.4. The second-order valence-electron chi connectivity index (χ2n) is 5.94. The number of nitro groups is 1. The van der Waals surface area contributed by atoms with Crippen molar-refractivity contribution in [3.05, 3.63) is 50.6 Å². The number of allylic oxidation sites excluding steroid dienone is 2. The maximum Gasteiger partial charge on any atom is 0.420 e. The fourth-order valence-corrected chi connectivity index (χ4v) is 3.14. The third-order valence-corrected chi connectivity index (χ3v) is 4.39. The van der Waals surface area contributed by atoms with E-state index >= 15 is 0 Å². The van der Waals surface area contributed by atoms with Crippen molar-refractivity contribution in [1.29, 1.82) is 0 Å². The Bertz CT molecular complexity index is 909. The van der Waals surface area contributed by atoms with Gasteiger partial charge in [0.2, 0.25) is 5.91 Å². The van der Waals surface area contributed by atoms with E-state index in [1.54, 1.807) is 4.90 Å². The number of oxazole rings is 1. The van der Waals surface area contributed by atoms with Crippen molar-refractivity contribution >= 4 is 22.7 Å². The van der Waals surface area contributed by atoms with Crippen molar-refractivity contribution in [1.82, 2.24) is 9.47 Å². The molecule has 0 saturated heterocycles. The SMILES string of the molecule is CCN(C(=O)Cn1c(=O)oc2ccc([N+](=O)[O-])cc21)C1=CCCCC1. The Morgan fingerprint density at radius 2 is 2.20 bits per heavy atom. The van der Waals surface area contributed by atoms with Crippen LogP contribution < -0.4 is 5.76 Å². The van der Waals surface area contributed by atoms with Crippen molar-refractivity contribution in [3.8, 4) is 0 Å².